The molecule has 0 aromatic heterocycles. The number of ether oxygens (including phenoxy) is 2. The molecule has 0 rings (SSSR count). The lowest BCUT2D eigenvalue weighted by molar-refractivity contribution is -0.0435. The molecule has 0 saturated heterocycles. The molecule has 0 aliphatic carbocycles. The molecule has 0 amide bonds. The number of nitrogens with zero attached hydrogens (tertiary/aromatic N) is 1. The van der Waals surface area contributed by atoms with Gasteiger partial charge in [-0.1, -0.05) is 19.0 Å². The van der Waals surface area contributed by atoms with Crippen LogP contribution in [0.4, 0.5) is 0 Å². The summed E-state index contributed by atoms with van der Waals surface area (Å²) in [5.74, 6) is 0. The molecule has 7 heteroatoms. The van der Waals surface area contributed by atoms with Crippen LogP contribution in [0, 0.1) is 10.3 Å². The Bertz CT molecular complexity index is 224. The zero-order valence-electron chi connectivity index (χ0n) is 10.9. The smallest absolute Gasteiger partial charge is 0.138 e. The number of aliphatic hydroxyl groups is 3. The van der Waals surface area contributed by atoms with Crippen molar-refractivity contribution in [1.82, 2.24) is 0 Å². The molecule has 0 spiro atoms. The van der Waals surface area contributed by atoms with Gasteiger partial charge in [0.2, 0.25) is 0 Å². The van der Waals surface area contributed by atoms with Gasteiger partial charge in [0, 0.05) is 5.41 Å². The molecular formula is C11H23NO6. The van der Waals surface area contributed by atoms with Gasteiger partial charge >= 0.3 is 0 Å². The van der Waals surface area contributed by atoms with Crippen molar-refractivity contribution in [3.63, 3.8) is 0 Å². The fourth-order valence-electron chi connectivity index (χ4n) is 1.15. The van der Waals surface area contributed by atoms with E-state index < -0.39 is 12.1 Å². The van der Waals surface area contributed by atoms with Crippen molar-refractivity contribution >= 4 is 0 Å². The fourth-order valence-corrected chi connectivity index (χ4v) is 1.15. The predicted octanol–water partition coefficient (Wildman–Crippen LogP) is -0.474. The van der Waals surface area contributed by atoms with Crippen molar-refractivity contribution in [3.05, 3.63) is 4.91 Å². The average Bonchev–Trinajstić information content (AvgIpc) is 2.34. The van der Waals surface area contributed by atoms with Gasteiger partial charge in [0.1, 0.15) is 12.1 Å². The summed E-state index contributed by atoms with van der Waals surface area (Å²) in [5.41, 5.74) is -0.294. The van der Waals surface area contributed by atoms with Crippen LogP contribution < -0.4 is 0 Å². The highest BCUT2D eigenvalue weighted by atomic mass is 16.5. The highest BCUT2D eigenvalue weighted by Crippen LogP contribution is 2.16. The maximum Gasteiger partial charge on any atom is 0.138 e. The zero-order chi connectivity index (χ0) is 14.0. The van der Waals surface area contributed by atoms with E-state index in [0.717, 1.165) is 0 Å². The third-order valence-corrected chi connectivity index (χ3v) is 2.18. The standard InChI is InChI=1S/C11H23NO6/c1-11(2,8-18-6-10(15)4-14)7-17-5-9(3-13)12-16/h9-10,13-15H,3-8H2,1-2H3. The van der Waals surface area contributed by atoms with Crippen LogP contribution in [0.1, 0.15) is 13.8 Å². The molecule has 7 nitrogen and oxygen atoms in total. The van der Waals surface area contributed by atoms with Gasteiger partial charge in [0.15, 0.2) is 0 Å². The second-order valence-electron chi connectivity index (χ2n) is 4.97. The first-order chi connectivity index (χ1) is 8.45. The molecule has 0 aromatic rings. The number of aliphatic hydroxyl groups excluding tert-OH is 3. The highest BCUT2D eigenvalue weighted by molar-refractivity contribution is 4.69. The molecule has 18 heavy (non-hydrogen) atoms. The monoisotopic (exact) mass is 265 g/mol. The first-order valence-corrected chi connectivity index (χ1v) is 5.83. The van der Waals surface area contributed by atoms with Gasteiger partial charge in [0.25, 0.3) is 0 Å². The molecule has 0 radical (unpaired) electrons. The van der Waals surface area contributed by atoms with E-state index in [-0.39, 0.29) is 31.8 Å². The van der Waals surface area contributed by atoms with E-state index in [4.69, 9.17) is 24.8 Å². The van der Waals surface area contributed by atoms with E-state index >= 15 is 0 Å². The zero-order valence-corrected chi connectivity index (χ0v) is 10.9. The summed E-state index contributed by atoms with van der Waals surface area (Å²) >= 11 is 0. The maximum absolute atomic E-state index is 10.2. The minimum absolute atomic E-state index is 0.0646. The Morgan fingerprint density at radius 3 is 2.11 bits per heavy atom. The molecule has 3 N–H and O–H groups in total. The van der Waals surface area contributed by atoms with Gasteiger partial charge in [0.05, 0.1) is 39.6 Å². The Kier molecular flexibility index (Phi) is 9.03. The van der Waals surface area contributed by atoms with Gasteiger partial charge in [-0.2, -0.15) is 4.91 Å². The highest BCUT2D eigenvalue weighted by Gasteiger charge is 2.20. The SMILES string of the molecule is CC(C)(COCC(O)CO)COCC(CO)N=O. The third-order valence-electron chi connectivity index (χ3n) is 2.18. The van der Waals surface area contributed by atoms with Crippen LogP contribution in [0.2, 0.25) is 0 Å². The maximum atomic E-state index is 10.2. The van der Waals surface area contributed by atoms with Gasteiger partial charge in [-0.3, -0.25) is 0 Å². The lowest BCUT2D eigenvalue weighted by atomic mass is 9.96. The van der Waals surface area contributed by atoms with E-state index in [9.17, 15) is 4.91 Å². The number of nitroso groups, excluding NO2 is 1. The first kappa shape index (κ1) is 17.4. The Hall–Kier alpha value is -0.600. The summed E-state index contributed by atoms with van der Waals surface area (Å²) < 4.78 is 10.5. The van der Waals surface area contributed by atoms with Crippen LogP contribution in [0.25, 0.3) is 0 Å². The quantitative estimate of drug-likeness (QED) is 0.436. The summed E-state index contributed by atoms with van der Waals surface area (Å²) in [7, 11) is 0. The van der Waals surface area contributed by atoms with Gasteiger partial charge in [-0.25, -0.2) is 0 Å². The minimum Gasteiger partial charge on any atom is -0.394 e. The van der Waals surface area contributed by atoms with E-state index in [0.29, 0.717) is 13.2 Å². The molecule has 0 bridgehead atoms. The third kappa shape index (κ3) is 8.48. The minimum atomic E-state index is -0.875. The largest absolute Gasteiger partial charge is 0.394 e. The van der Waals surface area contributed by atoms with Gasteiger partial charge < -0.3 is 24.8 Å². The van der Waals surface area contributed by atoms with Crippen LogP contribution in [-0.4, -0.2) is 67.1 Å². The van der Waals surface area contributed by atoms with Crippen LogP contribution in [0.5, 0.6) is 0 Å². The molecule has 0 aliphatic rings. The van der Waals surface area contributed by atoms with Crippen molar-refractivity contribution < 1.29 is 24.8 Å². The Labute approximate surface area is 107 Å². The molecule has 0 aliphatic heterocycles. The van der Waals surface area contributed by atoms with E-state index in [2.05, 4.69) is 5.18 Å². The lowest BCUT2D eigenvalue weighted by Crippen LogP contribution is -2.30. The molecular weight excluding hydrogens is 242 g/mol. The predicted molar refractivity (Wildman–Crippen MR) is 65.2 cm³/mol. The van der Waals surface area contributed by atoms with Gasteiger partial charge in [-0.05, 0) is 0 Å². The number of hydrogen-bond donors (Lipinski definition) is 3. The summed E-state index contributed by atoms with van der Waals surface area (Å²) in [4.78, 5) is 10.2. The fraction of sp³-hybridized carbons (Fsp3) is 1.00. The summed E-state index contributed by atoms with van der Waals surface area (Å²) in [6.07, 6.45) is -0.875. The molecule has 0 saturated carbocycles. The Morgan fingerprint density at radius 1 is 1.11 bits per heavy atom. The average molecular weight is 265 g/mol. The van der Waals surface area contributed by atoms with Gasteiger partial charge in [-0.15, -0.1) is 0 Å². The van der Waals surface area contributed by atoms with Crippen LogP contribution >= 0.6 is 0 Å². The van der Waals surface area contributed by atoms with E-state index in [1.54, 1.807) is 0 Å². The molecule has 0 heterocycles. The molecule has 2 atom stereocenters. The molecule has 2 unspecified atom stereocenters. The van der Waals surface area contributed by atoms with Crippen molar-refractivity contribution in [2.75, 3.05) is 39.6 Å². The molecule has 108 valence electrons. The normalized spacial score (nSPS) is 15.4. The van der Waals surface area contributed by atoms with E-state index in [1.165, 1.54) is 0 Å². The summed E-state index contributed by atoms with van der Waals surface area (Å²) in [5, 5.41) is 29.1. The van der Waals surface area contributed by atoms with Crippen LogP contribution in [0.15, 0.2) is 5.18 Å². The summed E-state index contributed by atoms with van der Waals surface area (Å²) in [6.45, 7) is 3.97. The van der Waals surface area contributed by atoms with Crippen molar-refractivity contribution in [1.29, 1.82) is 0 Å². The second-order valence-corrected chi connectivity index (χ2v) is 4.97. The topological polar surface area (TPSA) is 109 Å². The van der Waals surface area contributed by atoms with Crippen LogP contribution in [0.3, 0.4) is 0 Å². The lowest BCUT2D eigenvalue weighted by Gasteiger charge is -2.25. The molecule has 0 fully saturated rings. The first-order valence-electron chi connectivity index (χ1n) is 5.83. The van der Waals surface area contributed by atoms with E-state index in [1.807, 2.05) is 13.8 Å². The Balaban J connectivity index is 3.75. The molecule has 0 aromatic carbocycles. The van der Waals surface area contributed by atoms with Crippen molar-refractivity contribution in [2.24, 2.45) is 10.6 Å². The Morgan fingerprint density at radius 2 is 1.67 bits per heavy atom. The van der Waals surface area contributed by atoms with Crippen LogP contribution in [-0.2, 0) is 9.47 Å². The second kappa shape index (κ2) is 9.35. The van der Waals surface area contributed by atoms with Crippen molar-refractivity contribution in [2.45, 2.75) is 26.0 Å². The number of rotatable bonds is 11. The van der Waals surface area contributed by atoms with Crippen molar-refractivity contribution in [3.8, 4) is 0 Å². The number of hydrogen-bond acceptors (Lipinski definition) is 7. The summed E-state index contributed by atoms with van der Waals surface area (Å²) in [6, 6.07) is -0.738.